The van der Waals surface area contributed by atoms with E-state index in [1.807, 2.05) is 6.92 Å². The second-order valence-corrected chi connectivity index (χ2v) is 8.77. The molecule has 0 atom stereocenters. The van der Waals surface area contributed by atoms with Crippen molar-refractivity contribution >= 4 is 21.5 Å². The molecule has 0 spiro atoms. The van der Waals surface area contributed by atoms with Gasteiger partial charge >= 0.3 is 0 Å². The molecule has 30 heavy (non-hydrogen) atoms. The summed E-state index contributed by atoms with van der Waals surface area (Å²) in [5.74, 6) is 0.814. The molecule has 2 nitrogen and oxygen atoms in total. The second-order valence-electron chi connectivity index (χ2n) is 8.77. The van der Waals surface area contributed by atoms with Crippen molar-refractivity contribution in [1.29, 1.82) is 0 Å². The van der Waals surface area contributed by atoms with Crippen molar-refractivity contribution in [3.63, 3.8) is 0 Å². The maximum atomic E-state index is 4.96. The number of nitrogens with zero attached hydrogens (tertiary/aromatic N) is 2. The van der Waals surface area contributed by atoms with Crippen LogP contribution in [0.5, 0.6) is 0 Å². The third-order valence-corrected chi connectivity index (χ3v) is 6.48. The molecule has 0 fully saturated rings. The molecular formula is C28H22N2. The zero-order valence-corrected chi connectivity index (χ0v) is 17.4. The fourth-order valence-electron chi connectivity index (χ4n) is 4.99. The SMILES string of the molecule is Cc1nc(-c2ccc3ccccc3c2)c2c(n1)-c1cc3ccccc3cc1C2(C)C. The summed E-state index contributed by atoms with van der Waals surface area (Å²) >= 11 is 0. The molecule has 4 aromatic carbocycles. The highest BCUT2D eigenvalue weighted by Gasteiger charge is 2.40. The van der Waals surface area contributed by atoms with Gasteiger partial charge in [-0.05, 0) is 52.2 Å². The summed E-state index contributed by atoms with van der Waals surface area (Å²) in [6.07, 6.45) is 0. The van der Waals surface area contributed by atoms with Gasteiger partial charge in [0.1, 0.15) is 5.82 Å². The van der Waals surface area contributed by atoms with E-state index >= 15 is 0 Å². The van der Waals surface area contributed by atoms with E-state index in [0.29, 0.717) is 0 Å². The lowest BCUT2D eigenvalue weighted by Crippen LogP contribution is -2.17. The van der Waals surface area contributed by atoms with Gasteiger partial charge in [-0.1, -0.05) is 74.5 Å². The Labute approximate surface area is 176 Å². The van der Waals surface area contributed by atoms with Gasteiger partial charge in [-0.25, -0.2) is 9.97 Å². The van der Waals surface area contributed by atoms with Crippen LogP contribution in [0, 0.1) is 6.92 Å². The Morgan fingerprint density at radius 1 is 0.633 bits per heavy atom. The van der Waals surface area contributed by atoms with Gasteiger partial charge < -0.3 is 0 Å². The van der Waals surface area contributed by atoms with Crippen LogP contribution in [0.2, 0.25) is 0 Å². The van der Waals surface area contributed by atoms with E-state index in [-0.39, 0.29) is 5.41 Å². The molecule has 5 aromatic rings. The number of aryl methyl sites for hydroxylation is 1. The molecule has 6 rings (SSSR count). The van der Waals surface area contributed by atoms with Gasteiger partial charge in [-0.3, -0.25) is 0 Å². The third-order valence-electron chi connectivity index (χ3n) is 6.48. The van der Waals surface area contributed by atoms with Crippen molar-refractivity contribution in [2.45, 2.75) is 26.2 Å². The fourth-order valence-corrected chi connectivity index (χ4v) is 4.99. The summed E-state index contributed by atoms with van der Waals surface area (Å²) in [4.78, 5) is 9.89. The van der Waals surface area contributed by atoms with Crippen molar-refractivity contribution in [2.24, 2.45) is 0 Å². The lowest BCUT2D eigenvalue weighted by molar-refractivity contribution is 0.657. The maximum Gasteiger partial charge on any atom is 0.126 e. The van der Waals surface area contributed by atoms with Crippen LogP contribution in [0.15, 0.2) is 78.9 Å². The van der Waals surface area contributed by atoms with Crippen LogP contribution in [-0.4, -0.2) is 9.97 Å². The summed E-state index contributed by atoms with van der Waals surface area (Å²) in [6, 6.07) is 28.3. The third kappa shape index (κ3) is 2.37. The Bertz CT molecular complexity index is 1480. The Balaban J connectivity index is 1.67. The number of rotatable bonds is 1. The highest BCUT2D eigenvalue weighted by Crippen LogP contribution is 2.51. The Kier molecular flexibility index (Phi) is 3.47. The molecule has 144 valence electrons. The van der Waals surface area contributed by atoms with Crippen molar-refractivity contribution in [2.75, 3.05) is 0 Å². The highest BCUT2D eigenvalue weighted by atomic mass is 14.9. The van der Waals surface area contributed by atoms with E-state index in [1.54, 1.807) is 0 Å². The summed E-state index contributed by atoms with van der Waals surface area (Å²) < 4.78 is 0. The predicted octanol–water partition coefficient (Wildman–Crippen LogP) is 7.06. The molecule has 1 heterocycles. The second kappa shape index (κ2) is 5.99. The molecule has 0 amide bonds. The van der Waals surface area contributed by atoms with Crippen molar-refractivity contribution in [3.05, 3.63) is 95.8 Å². The lowest BCUT2D eigenvalue weighted by Gasteiger charge is -2.24. The zero-order valence-electron chi connectivity index (χ0n) is 17.4. The topological polar surface area (TPSA) is 25.8 Å². The van der Waals surface area contributed by atoms with Gasteiger partial charge in [0.05, 0.1) is 11.4 Å². The van der Waals surface area contributed by atoms with Gasteiger partial charge in [0.25, 0.3) is 0 Å². The first kappa shape index (κ1) is 17.3. The standard InChI is InChI=1S/C28H22N2/c1-17-29-26(22-13-12-18-8-4-5-9-19(18)14-22)25-27(30-17)23-15-20-10-6-7-11-21(20)16-24(23)28(25,2)3/h4-16H,1-3H3. The Morgan fingerprint density at radius 2 is 1.23 bits per heavy atom. The summed E-state index contributed by atoms with van der Waals surface area (Å²) in [5, 5.41) is 5.01. The molecule has 1 aromatic heterocycles. The largest absolute Gasteiger partial charge is 0.233 e. The summed E-state index contributed by atoms with van der Waals surface area (Å²) in [6.45, 7) is 6.60. The lowest BCUT2D eigenvalue weighted by atomic mass is 9.80. The molecule has 1 aliphatic rings. The molecular weight excluding hydrogens is 364 g/mol. The van der Waals surface area contributed by atoms with Crippen LogP contribution >= 0.6 is 0 Å². The van der Waals surface area contributed by atoms with Gasteiger partial charge in [-0.15, -0.1) is 0 Å². The molecule has 0 saturated heterocycles. The summed E-state index contributed by atoms with van der Waals surface area (Å²) in [7, 11) is 0. The van der Waals surface area contributed by atoms with Crippen molar-refractivity contribution in [1.82, 2.24) is 9.97 Å². The van der Waals surface area contributed by atoms with Crippen LogP contribution < -0.4 is 0 Å². The summed E-state index contributed by atoms with van der Waals surface area (Å²) in [5.41, 5.74) is 6.92. The van der Waals surface area contributed by atoms with Crippen LogP contribution in [0.3, 0.4) is 0 Å². The van der Waals surface area contributed by atoms with E-state index in [1.165, 1.54) is 38.2 Å². The van der Waals surface area contributed by atoms with E-state index in [4.69, 9.17) is 9.97 Å². The minimum atomic E-state index is -0.163. The molecule has 0 unspecified atom stereocenters. The number of hydrogen-bond donors (Lipinski definition) is 0. The minimum absolute atomic E-state index is 0.163. The van der Waals surface area contributed by atoms with E-state index in [9.17, 15) is 0 Å². The molecule has 0 radical (unpaired) electrons. The molecule has 0 N–H and O–H groups in total. The van der Waals surface area contributed by atoms with Crippen molar-refractivity contribution < 1.29 is 0 Å². The molecule has 1 aliphatic carbocycles. The average molecular weight is 386 g/mol. The number of hydrogen-bond acceptors (Lipinski definition) is 2. The first-order chi connectivity index (χ1) is 14.5. The normalized spacial score (nSPS) is 14.1. The number of fused-ring (bicyclic) bond motifs is 5. The maximum absolute atomic E-state index is 4.96. The predicted molar refractivity (Wildman–Crippen MR) is 125 cm³/mol. The Morgan fingerprint density at radius 3 is 1.97 bits per heavy atom. The van der Waals surface area contributed by atoms with Crippen LogP contribution in [0.1, 0.15) is 30.8 Å². The van der Waals surface area contributed by atoms with E-state index in [0.717, 1.165) is 22.8 Å². The van der Waals surface area contributed by atoms with E-state index < -0.39 is 0 Å². The minimum Gasteiger partial charge on any atom is -0.233 e. The van der Waals surface area contributed by atoms with E-state index in [2.05, 4.69) is 92.7 Å². The first-order valence-corrected chi connectivity index (χ1v) is 10.4. The van der Waals surface area contributed by atoms with Crippen LogP contribution in [0.4, 0.5) is 0 Å². The van der Waals surface area contributed by atoms with Gasteiger partial charge in [0.15, 0.2) is 0 Å². The smallest absolute Gasteiger partial charge is 0.126 e. The molecule has 2 heteroatoms. The Hall–Kier alpha value is -3.52. The first-order valence-electron chi connectivity index (χ1n) is 10.4. The fraction of sp³-hybridized carbons (Fsp3) is 0.143. The zero-order chi connectivity index (χ0) is 20.5. The number of aromatic nitrogens is 2. The van der Waals surface area contributed by atoms with Crippen LogP contribution in [-0.2, 0) is 5.41 Å². The average Bonchev–Trinajstić information content (AvgIpc) is 2.97. The molecule has 0 saturated carbocycles. The highest BCUT2D eigenvalue weighted by molar-refractivity contribution is 5.95. The van der Waals surface area contributed by atoms with Crippen molar-refractivity contribution in [3.8, 4) is 22.5 Å². The quantitative estimate of drug-likeness (QED) is 0.308. The van der Waals surface area contributed by atoms with Crippen LogP contribution in [0.25, 0.3) is 44.1 Å². The van der Waals surface area contributed by atoms with Gasteiger partial charge in [0, 0.05) is 22.1 Å². The molecule has 0 aliphatic heterocycles. The van der Waals surface area contributed by atoms with Gasteiger partial charge in [0.2, 0.25) is 0 Å². The number of benzene rings is 4. The molecule has 0 bridgehead atoms. The van der Waals surface area contributed by atoms with Gasteiger partial charge in [-0.2, -0.15) is 0 Å². The monoisotopic (exact) mass is 386 g/mol.